The second-order valence-corrected chi connectivity index (χ2v) is 6.51. The number of nitrogens with two attached hydrogens (primary N) is 1. The molecule has 0 bridgehead atoms. The zero-order valence-electron chi connectivity index (χ0n) is 12.5. The molecule has 1 heterocycles. The van der Waals surface area contributed by atoms with Crippen LogP contribution in [-0.2, 0) is 10.0 Å². The lowest BCUT2D eigenvalue weighted by molar-refractivity contribution is 0.0934. The van der Waals surface area contributed by atoms with Gasteiger partial charge in [-0.25, -0.2) is 18.5 Å². The number of aryl methyl sites for hydroxylation is 2. The van der Waals surface area contributed by atoms with Gasteiger partial charge in [0.05, 0.1) is 10.9 Å². The van der Waals surface area contributed by atoms with Crippen LogP contribution in [-0.4, -0.2) is 19.3 Å². The number of primary sulfonamides is 1. The maximum atomic E-state index is 12.2. The molecule has 0 saturated heterocycles. The van der Waals surface area contributed by atoms with Gasteiger partial charge in [-0.1, -0.05) is 12.1 Å². The summed E-state index contributed by atoms with van der Waals surface area (Å²) >= 11 is 0. The lowest BCUT2D eigenvalue weighted by atomic mass is 10.1. The number of hydrogen-bond acceptors (Lipinski definition) is 5. The van der Waals surface area contributed by atoms with Crippen LogP contribution >= 0.6 is 0 Å². The summed E-state index contributed by atoms with van der Waals surface area (Å²) in [5.74, 6) is 0.454. The Morgan fingerprint density at radius 3 is 2.59 bits per heavy atom. The number of rotatable bonds is 4. The van der Waals surface area contributed by atoms with E-state index in [1.165, 1.54) is 12.1 Å². The summed E-state index contributed by atoms with van der Waals surface area (Å²) in [7, 11) is -3.78. The molecule has 0 fully saturated rings. The van der Waals surface area contributed by atoms with Crippen molar-refractivity contribution in [1.29, 1.82) is 0 Å². The number of benzene rings is 1. The van der Waals surface area contributed by atoms with Gasteiger partial charge in [0.2, 0.25) is 10.0 Å². The summed E-state index contributed by atoms with van der Waals surface area (Å²) in [6.45, 7) is 5.05. The van der Waals surface area contributed by atoms with E-state index in [9.17, 15) is 13.2 Å². The maximum absolute atomic E-state index is 12.2. The van der Waals surface area contributed by atoms with E-state index in [2.05, 4.69) is 10.3 Å². The maximum Gasteiger partial charge on any atom is 0.274 e. The first-order chi connectivity index (χ1) is 10.2. The molecule has 0 aliphatic rings. The van der Waals surface area contributed by atoms with Crippen LogP contribution in [0.3, 0.4) is 0 Å². The van der Waals surface area contributed by atoms with Crippen molar-refractivity contribution < 1.29 is 17.6 Å². The molecule has 0 saturated carbocycles. The van der Waals surface area contributed by atoms with E-state index in [1.807, 2.05) is 0 Å². The number of sulfonamides is 1. The van der Waals surface area contributed by atoms with Crippen LogP contribution in [0.2, 0.25) is 0 Å². The molecular weight excluding hydrogens is 306 g/mol. The largest absolute Gasteiger partial charge is 0.445 e. The molecule has 1 aromatic carbocycles. The van der Waals surface area contributed by atoms with E-state index in [-0.39, 0.29) is 16.5 Å². The van der Waals surface area contributed by atoms with Gasteiger partial charge >= 0.3 is 0 Å². The van der Waals surface area contributed by atoms with Crippen molar-refractivity contribution in [2.45, 2.75) is 31.7 Å². The fourth-order valence-electron chi connectivity index (χ4n) is 2.05. The normalized spacial score (nSPS) is 12.9. The molecule has 0 aliphatic carbocycles. The van der Waals surface area contributed by atoms with Gasteiger partial charge in [-0.3, -0.25) is 4.79 Å². The van der Waals surface area contributed by atoms with Crippen LogP contribution in [0.4, 0.5) is 0 Å². The van der Waals surface area contributed by atoms with Crippen LogP contribution < -0.4 is 10.5 Å². The molecule has 1 amide bonds. The molecule has 1 unspecified atom stereocenters. The highest BCUT2D eigenvalue weighted by molar-refractivity contribution is 7.89. The highest BCUT2D eigenvalue weighted by atomic mass is 32.2. The van der Waals surface area contributed by atoms with Crippen molar-refractivity contribution in [2.24, 2.45) is 5.14 Å². The van der Waals surface area contributed by atoms with Gasteiger partial charge in [0.25, 0.3) is 5.91 Å². The fourth-order valence-corrected chi connectivity index (χ4v) is 2.62. The molecule has 0 radical (unpaired) electrons. The number of hydrogen-bond donors (Lipinski definition) is 2. The third-order valence-corrected chi connectivity index (χ3v) is 4.06. The van der Waals surface area contributed by atoms with Crippen molar-refractivity contribution in [3.63, 3.8) is 0 Å². The molecule has 3 N–H and O–H groups in total. The summed E-state index contributed by atoms with van der Waals surface area (Å²) in [4.78, 5) is 16.2. The van der Waals surface area contributed by atoms with Crippen molar-refractivity contribution in [3.05, 3.63) is 47.2 Å². The predicted octanol–water partition coefficient (Wildman–Crippen LogP) is 1.43. The third kappa shape index (κ3) is 3.52. The van der Waals surface area contributed by atoms with Gasteiger partial charge in [-0.05, 0) is 31.5 Å². The molecule has 118 valence electrons. The Hall–Kier alpha value is -2.19. The highest BCUT2D eigenvalue weighted by Crippen LogP contribution is 2.18. The van der Waals surface area contributed by atoms with Crippen molar-refractivity contribution >= 4 is 15.9 Å². The molecule has 0 spiro atoms. The average molecular weight is 323 g/mol. The first-order valence-corrected chi connectivity index (χ1v) is 8.11. The van der Waals surface area contributed by atoms with E-state index in [0.717, 1.165) is 0 Å². The quantitative estimate of drug-likeness (QED) is 0.883. The number of carbonyl (C=O) groups excluding carboxylic acids is 1. The van der Waals surface area contributed by atoms with Crippen LogP contribution in [0.1, 0.15) is 40.7 Å². The molecule has 2 rings (SSSR count). The summed E-state index contributed by atoms with van der Waals surface area (Å²) < 4.78 is 28.0. The number of carbonyl (C=O) groups is 1. The number of aromatic nitrogens is 1. The van der Waals surface area contributed by atoms with Crippen molar-refractivity contribution in [1.82, 2.24) is 10.3 Å². The van der Waals surface area contributed by atoms with Gasteiger partial charge < -0.3 is 9.73 Å². The number of nitrogens with zero attached hydrogens (tertiary/aromatic N) is 1. The van der Waals surface area contributed by atoms with E-state index in [1.54, 1.807) is 32.9 Å². The first-order valence-electron chi connectivity index (χ1n) is 6.56. The second-order valence-electron chi connectivity index (χ2n) is 4.95. The Morgan fingerprint density at radius 2 is 2.05 bits per heavy atom. The Bertz CT molecular complexity index is 811. The monoisotopic (exact) mass is 323 g/mol. The Labute approximate surface area is 128 Å². The summed E-state index contributed by atoms with van der Waals surface area (Å²) in [6.07, 6.45) is 0. The topological polar surface area (TPSA) is 115 Å². The van der Waals surface area contributed by atoms with E-state index in [0.29, 0.717) is 17.2 Å². The zero-order chi connectivity index (χ0) is 16.5. The smallest absolute Gasteiger partial charge is 0.274 e. The number of amides is 1. The van der Waals surface area contributed by atoms with Crippen molar-refractivity contribution in [3.8, 4) is 0 Å². The Balaban J connectivity index is 2.21. The first kappa shape index (κ1) is 16.2. The minimum absolute atomic E-state index is 0.000407. The molecule has 22 heavy (non-hydrogen) atoms. The molecule has 1 atom stereocenters. The molecule has 8 heteroatoms. The SMILES string of the molecule is Cc1nc(C(=O)NC(C)c2cccc(S(N)(=O)=O)c2)c(C)o1. The number of oxazole rings is 1. The average Bonchev–Trinajstić information content (AvgIpc) is 2.77. The van der Waals surface area contributed by atoms with Crippen LogP contribution in [0.15, 0.2) is 33.6 Å². The van der Waals surface area contributed by atoms with Crippen molar-refractivity contribution in [2.75, 3.05) is 0 Å². The number of nitrogens with one attached hydrogen (secondary N) is 1. The Morgan fingerprint density at radius 1 is 1.36 bits per heavy atom. The van der Waals surface area contributed by atoms with E-state index >= 15 is 0 Å². The van der Waals surface area contributed by atoms with Gasteiger partial charge in [0.1, 0.15) is 5.76 Å². The van der Waals surface area contributed by atoms with E-state index < -0.39 is 16.1 Å². The molecule has 2 aromatic rings. The predicted molar refractivity (Wildman–Crippen MR) is 79.7 cm³/mol. The molecule has 0 aliphatic heterocycles. The Kier molecular flexibility index (Phi) is 4.34. The van der Waals surface area contributed by atoms with E-state index in [4.69, 9.17) is 9.56 Å². The van der Waals surface area contributed by atoms with Gasteiger partial charge in [-0.15, -0.1) is 0 Å². The van der Waals surface area contributed by atoms with Crippen LogP contribution in [0.25, 0.3) is 0 Å². The summed E-state index contributed by atoms with van der Waals surface area (Å²) in [5.41, 5.74) is 0.838. The van der Waals surface area contributed by atoms with Gasteiger partial charge in [0.15, 0.2) is 11.6 Å². The summed E-state index contributed by atoms with van der Waals surface area (Å²) in [5, 5.41) is 7.85. The van der Waals surface area contributed by atoms with Gasteiger partial charge in [-0.2, -0.15) is 0 Å². The third-order valence-electron chi connectivity index (χ3n) is 3.15. The lowest BCUT2D eigenvalue weighted by Gasteiger charge is -2.14. The van der Waals surface area contributed by atoms with Gasteiger partial charge in [0, 0.05) is 6.92 Å². The molecule has 7 nitrogen and oxygen atoms in total. The minimum Gasteiger partial charge on any atom is -0.445 e. The standard InChI is InChI=1S/C14H17N3O4S/c1-8(11-5-4-6-12(7-11)22(15,19)20)16-14(18)13-9(2)21-10(3)17-13/h4-8H,1-3H3,(H,16,18)(H2,15,19,20). The van der Waals surface area contributed by atoms with Crippen LogP contribution in [0, 0.1) is 13.8 Å². The molecule has 1 aromatic heterocycles. The molecular formula is C14H17N3O4S. The highest BCUT2D eigenvalue weighted by Gasteiger charge is 2.19. The second kappa shape index (κ2) is 5.90. The summed E-state index contributed by atoms with van der Waals surface area (Å²) in [6, 6.07) is 5.70. The fraction of sp³-hybridized carbons (Fsp3) is 0.286. The lowest BCUT2D eigenvalue weighted by Crippen LogP contribution is -2.27. The minimum atomic E-state index is -3.78. The zero-order valence-corrected chi connectivity index (χ0v) is 13.3. The van der Waals surface area contributed by atoms with Crippen LogP contribution in [0.5, 0.6) is 0 Å².